The van der Waals surface area contributed by atoms with E-state index in [1.165, 1.54) is 6.07 Å². The first-order valence-corrected chi connectivity index (χ1v) is 9.32. The number of carbonyl (C=O) groups is 2. The number of benzene rings is 3. The molecular formula is C21H18BrN3O3. The third kappa shape index (κ3) is 4.95. The van der Waals surface area contributed by atoms with Crippen molar-refractivity contribution in [2.24, 2.45) is 5.10 Å². The zero-order chi connectivity index (χ0) is 20.1. The maximum Gasteiger partial charge on any atom is 0.275 e. The quantitative estimate of drug-likeness (QED) is 0.405. The number of nitrogens with zero attached hydrogens (tertiary/aromatic N) is 1. The molecule has 3 aromatic carbocycles. The second-order valence-corrected chi connectivity index (χ2v) is 7.15. The molecule has 0 saturated carbocycles. The SMILES string of the molecule is C/C(CC(=O)Nc1ccc(Br)cc1)=N/NC(=O)c1cc2ccccc2cc1O. The Kier molecular flexibility index (Phi) is 6.06. The van der Waals surface area contributed by atoms with Crippen molar-refractivity contribution in [2.75, 3.05) is 5.32 Å². The van der Waals surface area contributed by atoms with E-state index >= 15 is 0 Å². The van der Waals surface area contributed by atoms with Gasteiger partial charge in [-0.15, -0.1) is 0 Å². The summed E-state index contributed by atoms with van der Waals surface area (Å²) in [6.45, 7) is 1.64. The highest BCUT2D eigenvalue weighted by Crippen LogP contribution is 2.24. The smallest absolute Gasteiger partial charge is 0.275 e. The van der Waals surface area contributed by atoms with Crippen LogP contribution in [0.5, 0.6) is 5.75 Å². The third-order valence-electron chi connectivity index (χ3n) is 4.00. The maximum absolute atomic E-state index is 12.3. The average molecular weight is 440 g/mol. The molecule has 3 N–H and O–H groups in total. The summed E-state index contributed by atoms with van der Waals surface area (Å²) in [7, 11) is 0. The van der Waals surface area contributed by atoms with Gasteiger partial charge in [0.1, 0.15) is 5.75 Å². The van der Waals surface area contributed by atoms with E-state index in [9.17, 15) is 14.7 Å². The highest BCUT2D eigenvalue weighted by Gasteiger charge is 2.12. The number of nitrogens with one attached hydrogen (secondary N) is 2. The van der Waals surface area contributed by atoms with E-state index in [4.69, 9.17) is 0 Å². The summed E-state index contributed by atoms with van der Waals surface area (Å²) >= 11 is 3.33. The summed E-state index contributed by atoms with van der Waals surface area (Å²) < 4.78 is 0.919. The molecule has 0 aliphatic heterocycles. The predicted molar refractivity (Wildman–Crippen MR) is 114 cm³/mol. The minimum atomic E-state index is -0.545. The fourth-order valence-electron chi connectivity index (χ4n) is 2.63. The zero-order valence-electron chi connectivity index (χ0n) is 15.1. The van der Waals surface area contributed by atoms with Crippen molar-refractivity contribution >= 4 is 49.9 Å². The van der Waals surface area contributed by atoms with Crippen molar-refractivity contribution in [3.8, 4) is 5.75 Å². The van der Waals surface area contributed by atoms with E-state index in [0.29, 0.717) is 11.4 Å². The molecule has 6 nitrogen and oxygen atoms in total. The van der Waals surface area contributed by atoms with Gasteiger partial charge >= 0.3 is 0 Å². The first kappa shape index (κ1) is 19.6. The minimum absolute atomic E-state index is 0.0278. The normalized spacial score (nSPS) is 11.3. The Balaban J connectivity index is 1.62. The van der Waals surface area contributed by atoms with Crippen LogP contribution in [0.4, 0.5) is 5.69 Å². The van der Waals surface area contributed by atoms with E-state index in [2.05, 4.69) is 31.8 Å². The Morgan fingerprint density at radius 2 is 1.68 bits per heavy atom. The molecule has 0 spiro atoms. The van der Waals surface area contributed by atoms with E-state index in [-0.39, 0.29) is 23.6 Å². The number of carbonyl (C=O) groups excluding carboxylic acids is 2. The first-order valence-electron chi connectivity index (χ1n) is 8.53. The third-order valence-corrected chi connectivity index (χ3v) is 4.53. The van der Waals surface area contributed by atoms with Crippen LogP contribution in [0.1, 0.15) is 23.7 Å². The number of halogens is 1. The van der Waals surface area contributed by atoms with Gasteiger partial charge in [-0.25, -0.2) is 5.43 Å². The van der Waals surface area contributed by atoms with Gasteiger partial charge in [-0.05, 0) is 54.1 Å². The predicted octanol–water partition coefficient (Wildman–Crippen LogP) is 4.44. The number of hydrogen-bond donors (Lipinski definition) is 3. The van der Waals surface area contributed by atoms with Crippen molar-refractivity contribution in [1.82, 2.24) is 5.43 Å². The summed E-state index contributed by atoms with van der Waals surface area (Å²) in [4.78, 5) is 24.4. The Morgan fingerprint density at radius 1 is 1.04 bits per heavy atom. The van der Waals surface area contributed by atoms with Crippen LogP contribution in [0.15, 0.2) is 70.2 Å². The van der Waals surface area contributed by atoms with E-state index in [0.717, 1.165) is 15.2 Å². The van der Waals surface area contributed by atoms with Gasteiger partial charge in [0.05, 0.1) is 12.0 Å². The fourth-order valence-corrected chi connectivity index (χ4v) is 2.89. The number of fused-ring (bicyclic) bond motifs is 1. The molecule has 0 saturated heterocycles. The van der Waals surface area contributed by atoms with Gasteiger partial charge < -0.3 is 10.4 Å². The van der Waals surface area contributed by atoms with Crippen molar-refractivity contribution < 1.29 is 14.7 Å². The number of phenolic OH excluding ortho intramolecular Hbond substituents is 1. The Hall–Kier alpha value is -3.19. The second kappa shape index (κ2) is 8.67. The van der Waals surface area contributed by atoms with Crippen molar-refractivity contribution in [3.63, 3.8) is 0 Å². The lowest BCUT2D eigenvalue weighted by Gasteiger charge is -2.07. The Bertz CT molecular complexity index is 1060. The van der Waals surface area contributed by atoms with Crippen molar-refractivity contribution in [2.45, 2.75) is 13.3 Å². The molecule has 0 atom stereocenters. The van der Waals surface area contributed by atoms with Gasteiger partial charge in [0, 0.05) is 15.9 Å². The standard InChI is InChI=1S/C21H18BrN3O3/c1-13(10-20(27)23-17-8-6-16(22)7-9-17)24-25-21(28)18-11-14-4-2-3-5-15(14)12-19(18)26/h2-9,11-12,26H,10H2,1H3,(H,23,27)(H,25,28)/b24-13-. The molecule has 0 heterocycles. The molecule has 0 aliphatic rings. The van der Waals surface area contributed by atoms with Crippen LogP contribution in [0.25, 0.3) is 10.8 Å². The lowest BCUT2D eigenvalue weighted by Crippen LogP contribution is -2.21. The van der Waals surface area contributed by atoms with E-state index < -0.39 is 5.91 Å². The molecule has 142 valence electrons. The number of aromatic hydroxyl groups is 1. The molecule has 0 radical (unpaired) electrons. The first-order chi connectivity index (χ1) is 13.4. The number of hydrogen-bond acceptors (Lipinski definition) is 4. The number of hydrazone groups is 1. The van der Waals surface area contributed by atoms with Crippen LogP contribution in [-0.4, -0.2) is 22.6 Å². The number of anilines is 1. The molecule has 28 heavy (non-hydrogen) atoms. The number of rotatable bonds is 5. The molecule has 0 fully saturated rings. The summed E-state index contributed by atoms with van der Waals surface area (Å²) in [5.74, 6) is -0.917. The van der Waals surface area contributed by atoms with Crippen LogP contribution in [0, 0.1) is 0 Å². The van der Waals surface area contributed by atoms with Gasteiger partial charge in [-0.3, -0.25) is 9.59 Å². The molecule has 0 unspecified atom stereocenters. The summed E-state index contributed by atoms with van der Waals surface area (Å²) in [5.41, 5.74) is 3.61. The number of phenols is 1. The molecule has 2 amide bonds. The summed E-state index contributed by atoms with van der Waals surface area (Å²) in [6.07, 6.45) is 0.0278. The van der Waals surface area contributed by atoms with Crippen molar-refractivity contribution in [3.05, 3.63) is 70.7 Å². The molecule has 3 aromatic rings. The molecule has 3 rings (SSSR count). The monoisotopic (exact) mass is 439 g/mol. The van der Waals surface area contributed by atoms with Gasteiger partial charge in [0.2, 0.25) is 5.91 Å². The molecule has 0 aliphatic carbocycles. The van der Waals surface area contributed by atoms with Crippen LogP contribution < -0.4 is 10.7 Å². The fraction of sp³-hybridized carbons (Fsp3) is 0.0952. The van der Waals surface area contributed by atoms with Crippen LogP contribution in [-0.2, 0) is 4.79 Å². The maximum atomic E-state index is 12.3. The zero-order valence-corrected chi connectivity index (χ0v) is 16.7. The number of amides is 2. The Morgan fingerprint density at radius 3 is 2.36 bits per heavy atom. The van der Waals surface area contributed by atoms with Crippen LogP contribution in [0.2, 0.25) is 0 Å². The highest BCUT2D eigenvalue weighted by molar-refractivity contribution is 9.10. The molecule has 7 heteroatoms. The molecule has 0 aromatic heterocycles. The van der Waals surface area contributed by atoms with Gasteiger partial charge in [0.25, 0.3) is 5.91 Å². The van der Waals surface area contributed by atoms with Gasteiger partial charge in [-0.2, -0.15) is 5.10 Å². The lowest BCUT2D eigenvalue weighted by molar-refractivity contribution is -0.115. The van der Waals surface area contributed by atoms with Gasteiger partial charge in [0.15, 0.2) is 0 Å². The van der Waals surface area contributed by atoms with Gasteiger partial charge in [-0.1, -0.05) is 40.2 Å². The van der Waals surface area contributed by atoms with Crippen LogP contribution >= 0.6 is 15.9 Å². The topological polar surface area (TPSA) is 90.8 Å². The van der Waals surface area contributed by atoms with Crippen molar-refractivity contribution in [1.29, 1.82) is 0 Å². The minimum Gasteiger partial charge on any atom is -0.507 e. The second-order valence-electron chi connectivity index (χ2n) is 6.24. The molecular weight excluding hydrogens is 422 g/mol. The van der Waals surface area contributed by atoms with E-state index in [1.807, 2.05) is 36.4 Å². The average Bonchev–Trinajstić information content (AvgIpc) is 2.67. The lowest BCUT2D eigenvalue weighted by atomic mass is 10.1. The van der Waals surface area contributed by atoms with E-state index in [1.54, 1.807) is 25.1 Å². The Labute approximate surface area is 170 Å². The summed E-state index contributed by atoms with van der Waals surface area (Å²) in [6, 6.07) is 17.8. The summed E-state index contributed by atoms with van der Waals surface area (Å²) in [5, 5.41) is 18.5. The largest absolute Gasteiger partial charge is 0.507 e. The highest BCUT2D eigenvalue weighted by atomic mass is 79.9. The van der Waals surface area contributed by atoms with Crippen LogP contribution in [0.3, 0.4) is 0 Å². The molecule has 0 bridgehead atoms.